The number of halogens is 2. The van der Waals surface area contributed by atoms with Gasteiger partial charge in [0.15, 0.2) is 5.82 Å². The molecule has 0 aliphatic heterocycles. The third kappa shape index (κ3) is 3.58. The Bertz CT molecular complexity index is 703. The molecule has 2 aromatic carbocycles. The van der Waals surface area contributed by atoms with Crippen LogP contribution in [0, 0.1) is 5.82 Å². The van der Waals surface area contributed by atoms with Crippen molar-refractivity contribution in [1.29, 1.82) is 0 Å². The summed E-state index contributed by atoms with van der Waals surface area (Å²) in [4.78, 5) is 23.0. The summed E-state index contributed by atoms with van der Waals surface area (Å²) in [5, 5.41) is 11.3. The van der Waals surface area contributed by atoms with Crippen LogP contribution in [0.4, 0.5) is 10.1 Å². The number of aromatic carboxylic acids is 1. The molecule has 2 rings (SSSR count). The predicted octanol–water partition coefficient (Wildman–Crippen LogP) is 3.36. The molecule has 108 valence electrons. The fourth-order valence-corrected chi connectivity index (χ4v) is 2.03. The highest BCUT2D eigenvalue weighted by molar-refractivity contribution is 6.31. The summed E-state index contributed by atoms with van der Waals surface area (Å²) < 4.78 is 13.7. The Morgan fingerprint density at radius 1 is 1.14 bits per heavy atom. The van der Waals surface area contributed by atoms with Crippen molar-refractivity contribution >= 4 is 29.2 Å². The quantitative estimate of drug-likeness (QED) is 0.910. The van der Waals surface area contributed by atoms with Gasteiger partial charge in [-0.25, -0.2) is 9.18 Å². The largest absolute Gasteiger partial charge is 0.478 e. The van der Waals surface area contributed by atoms with Crippen LogP contribution >= 0.6 is 11.6 Å². The molecule has 0 fully saturated rings. The van der Waals surface area contributed by atoms with E-state index in [9.17, 15) is 14.0 Å². The molecule has 0 atom stereocenters. The molecule has 0 aliphatic rings. The standard InChI is InChI=1S/C15H11ClFNO3/c16-11-6-3-7-12(14(11)17)18-13(19)8-9-4-1-2-5-10(9)15(20)21/h1-7H,8H2,(H,18,19)(H,20,21). The van der Waals surface area contributed by atoms with Gasteiger partial charge in [0, 0.05) is 0 Å². The number of hydrogen-bond acceptors (Lipinski definition) is 2. The Labute approximate surface area is 125 Å². The van der Waals surface area contributed by atoms with Crippen molar-refractivity contribution in [3.05, 3.63) is 64.4 Å². The van der Waals surface area contributed by atoms with Gasteiger partial charge in [0.25, 0.3) is 0 Å². The van der Waals surface area contributed by atoms with Crippen LogP contribution in [-0.4, -0.2) is 17.0 Å². The minimum Gasteiger partial charge on any atom is -0.478 e. The molecule has 1 amide bonds. The van der Waals surface area contributed by atoms with Crippen molar-refractivity contribution < 1.29 is 19.1 Å². The van der Waals surface area contributed by atoms with Gasteiger partial charge in [-0.05, 0) is 23.8 Å². The van der Waals surface area contributed by atoms with Crippen LogP contribution in [0.2, 0.25) is 5.02 Å². The maximum atomic E-state index is 13.7. The molecule has 21 heavy (non-hydrogen) atoms. The Morgan fingerprint density at radius 3 is 2.57 bits per heavy atom. The lowest BCUT2D eigenvalue weighted by Gasteiger charge is -2.08. The fraction of sp³-hybridized carbons (Fsp3) is 0.0667. The first-order valence-electron chi connectivity index (χ1n) is 6.04. The highest BCUT2D eigenvalue weighted by Crippen LogP contribution is 2.22. The van der Waals surface area contributed by atoms with E-state index in [1.165, 1.54) is 30.3 Å². The Kier molecular flexibility index (Phi) is 4.55. The summed E-state index contributed by atoms with van der Waals surface area (Å²) in [6.07, 6.45) is -0.172. The summed E-state index contributed by atoms with van der Waals surface area (Å²) in [5.41, 5.74) is 0.351. The van der Waals surface area contributed by atoms with Crippen molar-refractivity contribution in [2.24, 2.45) is 0 Å². The number of hydrogen-bond donors (Lipinski definition) is 2. The highest BCUT2D eigenvalue weighted by atomic mass is 35.5. The lowest BCUT2D eigenvalue weighted by molar-refractivity contribution is -0.115. The van der Waals surface area contributed by atoms with Gasteiger partial charge in [0.1, 0.15) is 0 Å². The summed E-state index contributed by atoms with van der Waals surface area (Å²) in [5.74, 6) is -2.36. The smallest absolute Gasteiger partial charge is 0.335 e. The number of nitrogens with one attached hydrogen (secondary N) is 1. The molecule has 0 heterocycles. The minimum absolute atomic E-state index is 0.0409. The second-order valence-corrected chi connectivity index (χ2v) is 4.70. The number of carboxylic acid groups (broad SMARTS) is 1. The van der Waals surface area contributed by atoms with Crippen molar-refractivity contribution in [3.8, 4) is 0 Å². The Morgan fingerprint density at radius 2 is 1.86 bits per heavy atom. The first kappa shape index (κ1) is 15.0. The molecule has 0 spiro atoms. The normalized spacial score (nSPS) is 10.2. The van der Waals surface area contributed by atoms with Gasteiger partial charge in [-0.15, -0.1) is 0 Å². The topological polar surface area (TPSA) is 66.4 Å². The van der Waals surface area contributed by atoms with E-state index in [0.29, 0.717) is 5.56 Å². The van der Waals surface area contributed by atoms with Crippen LogP contribution in [0.25, 0.3) is 0 Å². The van der Waals surface area contributed by atoms with Crippen LogP contribution in [0.15, 0.2) is 42.5 Å². The van der Waals surface area contributed by atoms with Gasteiger partial charge in [-0.1, -0.05) is 35.9 Å². The molecule has 4 nitrogen and oxygen atoms in total. The van der Waals surface area contributed by atoms with Crippen molar-refractivity contribution in [2.75, 3.05) is 5.32 Å². The van der Waals surface area contributed by atoms with Crippen LogP contribution in [0.1, 0.15) is 15.9 Å². The molecule has 0 bridgehead atoms. The number of anilines is 1. The van der Waals surface area contributed by atoms with E-state index >= 15 is 0 Å². The lowest BCUT2D eigenvalue weighted by Crippen LogP contribution is -2.17. The zero-order valence-electron chi connectivity index (χ0n) is 10.8. The number of carboxylic acids is 1. The second-order valence-electron chi connectivity index (χ2n) is 4.29. The van der Waals surface area contributed by atoms with E-state index in [4.69, 9.17) is 16.7 Å². The average molecular weight is 308 g/mol. The van der Waals surface area contributed by atoms with E-state index < -0.39 is 17.7 Å². The van der Waals surface area contributed by atoms with Gasteiger partial charge < -0.3 is 10.4 Å². The van der Waals surface area contributed by atoms with Gasteiger partial charge in [-0.2, -0.15) is 0 Å². The maximum absolute atomic E-state index is 13.7. The third-order valence-corrected chi connectivity index (χ3v) is 3.12. The molecule has 0 aliphatic carbocycles. The minimum atomic E-state index is -1.12. The van der Waals surface area contributed by atoms with Crippen molar-refractivity contribution in [3.63, 3.8) is 0 Å². The molecule has 0 aromatic heterocycles. The molecule has 0 saturated heterocycles. The molecule has 0 saturated carbocycles. The van der Waals surface area contributed by atoms with Gasteiger partial charge in [-0.3, -0.25) is 4.79 Å². The van der Waals surface area contributed by atoms with Crippen molar-refractivity contribution in [1.82, 2.24) is 0 Å². The number of carbonyl (C=O) groups excluding carboxylic acids is 1. The molecule has 6 heteroatoms. The van der Waals surface area contributed by atoms with E-state index in [1.54, 1.807) is 12.1 Å². The van der Waals surface area contributed by atoms with Gasteiger partial charge in [0.05, 0.1) is 22.7 Å². The Hall–Kier alpha value is -2.40. The molecule has 0 unspecified atom stereocenters. The molecule has 2 N–H and O–H groups in total. The fourth-order valence-electron chi connectivity index (χ4n) is 1.85. The van der Waals surface area contributed by atoms with Crippen molar-refractivity contribution in [2.45, 2.75) is 6.42 Å². The monoisotopic (exact) mass is 307 g/mol. The van der Waals surface area contributed by atoms with Crippen LogP contribution < -0.4 is 5.32 Å². The third-order valence-electron chi connectivity index (χ3n) is 2.82. The summed E-state index contributed by atoms with van der Waals surface area (Å²) >= 11 is 5.62. The zero-order valence-corrected chi connectivity index (χ0v) is 11.5. The Balaban J connectivity index is 2.16. The second kappa shape index (κ2) is 6.37. The van der Waals surface area contributed by atoms with Crippen LogP contribution in [0.5, 0.6) is 0 Å². The summed E-state index contributed by atoms with van der Waals surface area (Å²) in [6.45, 7) is 0. The van der Waals surface area contributed by atoms with Gasteiger partial charge in [0.2, 0.25) is 5.91 Å². The average Bonchev–Trinajstić information content (AvgIpc) is 2.44. The molecule has 2 aromatic rings. The van der Waals surface area contributed by atoms with E-state index in [1.807, 2.05) is 0 Å². The number of rotatable bonds is 4. The van der Waals surface area contributed by atoms with E-state index in [0.717, 1.165) is 0 Å². The number of amides is 1. The zero-order chi connectivity index (χ0) is 15.4. The number of benzene rings is 2. The molecule has 0 radical (unpaired) electrons. The van der Waals surface area contributed by atoms with Crippen LogP contribution in [-0.2, 0) is 11.2 Å². The SMILES string of the molecule is O=C(Cc1ccccc1C(=O)O)Nc1cccc(Cl)c1F. The van der Waals surface area contributed by atoms with E-state index in [-0.39, 0.29) is 22.7 Å². The first-order valence-corrected chi connectivity index (χ1v) is 6.42. The first-order chi connectivity index (χ1) is 9.99. The van der Waals surface area contributed by atoms with E-state index in [2.05, 4.69) is 5.32 Å². The van der Waals surface area contributed by atoms with Crippen LogP contribution in [0.3, 0.4) is 0 Å². The summed E-state index contributed by atoms with van der Waals surface area (Å²) in [7, 11) is 0. The number of carbonyl (C=O) groups is 2. The van der Waals surface area contributed by atoms with Gasteiger partial charge >= 0.3 is 5.97 Å². The lowest BCUT2D eigenvalue weighted by atomic mass is 10.0. The maximum Gasteiger partial charge on any atom is 0.335 e. The molecular formula is C15H11ClFNO3. The highest BCUT2D eigenvalue weighted by Gasteiger charge is 2.14. The summed E-state index contributed by atoms with van der Waals surface area (Å²) in [6, 6.07) is 10.4. The predicted molar refractivity (Wildman–Crippen MR) is 77.1 cm³/mol. The molecular weight excluding hydrogens is 297 g/mol.